The Morgan fingerprint density at radius 2 is 2.15 bits per heavy atom. The number of rotatable bonds is 3. The lowest BCUT2D eigenvalue weighted by Gasteiger charge is -2.37. The van der Waals surface area contributed by atoms with Crippen LogP contribution in [-0.2, 0) is 16.1 Å². The number of hydrogen-bond donors (Lipinski definition) is 1. The van der Waals surface area contributed by atoms with Gasteiger partial charge in [-0.1, -0.05) is 47.4 Å². The van der Waals surface area contributed by atoms with Crippen molar-refractivity contribution in [2.24, 2.45) is 5.92 Å². The Bertz CT molecular complexity index is 548. The van der Waals surface area contributed by atoms with Gasteiger partial charge in [-0.3, -0.25) is 9.59 Å². The number of amides is 2. The molecule has 1 saturated heterocycles. The lowest BCUT2D eigenvalue weighted by molar-refractivity contribution is -0.148. The van der Waals surface area contributed by atoms with E-state index in [2.05, 4.69) is 21.2 Å². The van der Waals surface area contributed by atoms with Crippen LogP contribution in [0.3, 0.4) is 0 Å². The summed E-state index contributed by atoms with van der Waals surface area (Å²) in [7, 11) is 0. The molecule has 1 unspecified atom stereocenters. The third-order valence-electron chi connectivity index (χ3n) is 3.33. The van der Waals surface area contributed by atoms with Gasteiger partial charge in [-0.25, -0.2) is 0 Å². The largest absolute Gasteiger partial charge is 0.345 e. The highest BCUT2D eigenvalue weighted by Gasteiger charge is 2.36. The van der Waals surface area contributed by atoms with Crippen LogP contribution < -0.4 is 5.32 Å². The van der Waals surface area contributed by atoms with E-state index < -0.39 is 6.04 Å². The van der Waals surface area contributed by atoms with Crippen molar-refractivity contribution < 1.29 is 9.59 Å². The van der Waals surface area contributed by atoms with E-state index in [4.69, 9.17) is 11.6 Å². The zero-order chi connectivity index (χ0) is 14.9. The number of halogens is 2. The number of hydrogen-bond acceptors (Lipinski definition) is 2. The second kappa shape index (κ2) is 6.14. The number of nitrogens with one attached hydrogen (secondary N) is 1. The maximum atomic E-state index is 12.1. The van der Waals surface area contributed by atoms with Crippen LogP contribution >= 0.6 is 27.5 Å². The van der Waals surface area contributed by atoms with E-state index in [-0.39, 0.29) is 24.3 Å². The Morgan fingerprint density at radius 1 is 1.45 bits per heavy atom. The van der Waals surface area contributed by atoms with Crippen molar-refractivity contribution in [1.82, 2.24) is 10.2 Å². The van der Waals surface area contributed by atoms with E-state index in [0.717, 1.165) is 10.0 Å². The molecule has 0 bridgehead atoms. The van der Waals surface area contributed by atoms with Gasteiger partial charge in [-0.15, -0.1) is 0 Å². The molecule has 0 aliphatic carbocycles. The molecule has 6 heteroatoms. The number of carbonyl (C=O) groups excluding carboxylic acids is 2. The maximum Gasteiger partial charge on any atom is 0.243 e. The lowest BCUT2D eigenvalue weighted by Crippen LogP contribution is -2.59. The predicted octanol–water partition coefficient (Wildman–Crippen LogP) is 2.59. The van der Waals surface area contributed by atoms with Gasteiger partial charge in [0.05, 0.1) is 6.54 Å². The van der Waals surface area contributed by atoms with Crippen LogP contribution in [0.5, 0.6) is 0 Å². The summed E-state index contributed by atoms with van der Waals surface area (Å²) in [6.45, 7) is 4.26. The SMILES string of the molecule is CC(C)C1C(=O)NCC(=O)N1Cc1ccc(Br)cc1Cl. The number of benzene rings is 1. The number of nitrogens with zero attached hydrogens (tertiary/aromatic N) is 1. The maximum absolute atomic E-state index is 12.1. The fourth-order valence-electron chi connectivity index (χ4n) is 2.35. The van der Waals surface area contributed by atoms with E-state index in [9.17, 15) is 9.59 Å². The van der Waals surface area contributed by atoms with Gasteiger partial charge in [-0.05, 0) is 23.6 Å². The van der Waals surface area contributed by atoms with Gasteiger partial charge in [-0.2, -0.15) is 0 Å². The van der Waals surface area contributed by atoms with Crippen molar-refractivity contribution in [3.05, 3.63) is 33.3 Å². The van der Waals surface area contributed by atoms with Crippen LogP contribution in [0, 0.1) is 5.92 Å². The van der Waals surface area contributed by atoms with Crippen LogP contribution in [0.2, 0.25) is 5.02 Å². The predicted molar refractivity (Wildman–Crippen MR) is 81.3 cm³/mol. The first-order valence-electron chi connectivity index (χ1n) is 6.41. The molecule has 4 nitrogen and oxygen atoms in total. The Morgan fingerprint density at radius 3 is 2.75 bits per heavy atom. The zero-order valence-electron chi connectivity index (χ0n) is 11.3. The Kier molecular flexibility index (Phi) is 4.70. The monoisotopic (exact) mass is 358 g/mol. The first-order valence-corrected chi connectivity index (χ1v) is 7.58. The molecule has 20 heavy (non-hydrogen) atoms. The summed E-state index contributed by atoms with van der Waals surface area (Å²) >= 11 is 9.54. The van der Waals surface area contributed by atoms with Crippen LogP contribution in [-0.4, -0.2) is 29.3 Å². The fourth-order valence-corrected chi connectivity index (χ4v) is 3.08. The van der Waals surface area contributed by atoms with Gasteiger partial charge < -0.3 is 10.2 Å². The minimum Gasteiger partial charge on any atom is -0.345 e. The van der Waals surface area contributed by atoms with Crippen LogP contribution in [0.1, 0.15) is 19.4 Å². The van der Waals surface area contributed by atoms with E-state index in [1.54, 1.807) is 11.0 Å². The van der Waals surface area contributed by atoms with E-state index in [1.807, 2.05) is 26.0 Å². The van der Waals surface area contributed by atoms with Gasteiger partial charge >= 0.3 is 0 Å². The standard InChI is InChI=1S/C14H16BrClN2O2/c1-8(2)13-14(20)17-6-12(19)18(13)7-9-3-4-10(15)5-11(9)16/h3-5,8,13H,6-7H2,1-2H3,(H,17,20). The first kappa shape index (κ1) is 15.3. The molecule has 1 N–H and O–H groups in total. The van der Waals surface area contributed by atoms with Crippen LogP contribution in [0.15, 0.2) is 22.7 Å². The fraction of sp³-hybridized carbons (Fsp3) is 0.429. The highest BCUT2D eigenvalue weighted by atomic mass is 79.9. The number of carbonyl (C=O) groups is 2. The summed E-state index contributed by atoms with van der Waals surface area (Å²) in [6.07, 6.45) is 0. The molecular weight excluding hydrogens is 344 g/mol. The zero-order valence-corrected chi connectivity index (χ0v) is 13.7. The second-order valence-electron chi connectivity index (χ2n) is 5.16. The summed E-state index contributed by atoms with van der Waals surface area (Å²) in [4.78, 5) is 25.7. The van der Waals surface area contributed by atoms with Crippen molar-refractivity contribution >= 4 is 39.3 Å². The quantitative estimate of drug-likeness (QED) is 0.902. The third-order valence-corrected chi connectivity index (χ3v) is 4.17. The topological polar surface area (TPSA) is 49.4 Å². The highest BCUT2D eigenvalue weighted by Crippen LogP contribution is 2.25. The number of piperazine rings is 1. The van der Waals surface area contributed by atoms with Crippen molar-refractivity contribution in [2.75, 3.05) is 6.54 Å². The van der Waals surface area contributed by atoms with Crippen LogP contribution in [0.25, 0.3) is 0 Å². The molecule has 1 aromatic rings. The summed E-state index contributed by atoms with van der Waals surface area (Å²) in [5.41, 5.74) is 0.837. The molecule has 0 saturated carbocycles. The summed E-state index contributed by atoms with van der Waals surface area (Å²) in [6, 6.07) is 5.08. The molecular formula is C14H16BrClN2O2. The van der Waals surface area contributed by atoms with Crippen molar-refractivity contribution in [3.63, 3.8) is 0 Å². The molecule has 1 aliphatic heterocycles. The average Bonchev–Trinajstić information content (AvgIpc) is 2.36. The molecule has 1 heterocycles. The molecule has 0 aromatic heterocycles. The van der Waals surface area contributed by atoms with Gasteiger partial charge in [0.25, 0.3) is 0 Å². The molecule has 1 atom stereocenters. The Hall–Kier alpha value is -1.07. The second-order valence-corrected chi connectivity index (χ2v) is 6.49. The molecule has 2 amide bonds. The van der Waals surface area contributed by atoms with Gasteiger partial charge in [0.1, 0.15) is 6.04 Å². The molecule has 1 aromatic carbocycles. The summed E-state index contributed by atoms with van der Waals surface area (Å²) in [5, 5.41) is 3.22. The summed E-state index contributed by atoms with van der Waals surface area (Å²) < 4.78 is 0.884. The van der Waals surface area contributed by atoms with E-state index in [0.29, 0.717) is 11.6 Å². The average molecular weight is 360 g/mol. The van der Waals surface area contributed by atoms with E-state index in [1.165, 1.54) is 0 Å². The normalized spacial score (nSPS) is 19.4. The van der Waals surface area contributed by atoms with Crippen molar-refractivity contribution in [1.29, 1.82) is 0 Å². The molecule has 0 radical (unpaired) electrons. The van der Waals surface area contributed by atoms with Crippen LogP contribution in [0.4, 0.5) is 0 Å². The molecule has 1 aliphatic rings. The van der Waals surface area contributed by atoms with Gasteiger partial charge in [0, 0.05) is 16.0 Å². The molecule has 2 rings (SSSR count). The smallest absolute Gasteiger partial charge is 0.243 e. The first-order chi connectivity index (χ1) is 9.40. The minimum atomic E-state index is -0.448. The minimum absolute atomic E-state index is 0.0495. The molecule has 108 valence electrons. The summed E-state index contributed by atoms with van der Waals surface area (Å²) in [5.74, 6) is -0.136. The van der Waals surface area contributed by atoms with Gasteiger partial charge in [0.15, 0.2) is 0 Å². The van der Waals surface area contributed by atoms with Crippen molar-refractivity contribution in [2.45, 2.75) is 26.4 Å². The molecule has 1 fully saturated rings. The van der Waals surface area contributed by atoms with E-state index >= 15 is 0 Å². The highest BCUT2D eigenvalue weighted by molar-refractivity contribution is 9.10. The molecule has 0 spiro atoms. The van der Waals surface area contributed by atoms with Gasteiger partial charge in [0.2, 0.25) is 11.8 Å². The Balaban J connectivity index is 2.28. The lowest BCUT2D eigenvalue weighted by atomic mass is 9.98. The third kappa shape index (κ3) is 3.15. The van der Waals surface area contributed by atoms with Crippen molar-refractivity contribution in [3.8, 4) is 0 Å². The Labute approximate surface area is 131 Å².